The molecule has 1 N–H and O–H groups in total. The molecule has 0 aromatic heterocycles. The van der Waals surface area contributed by atoms with E-state index >= 15 is 0 Å². The molecule has 5 aliphatic rings. The molecule has 4 heteroatoms. The third-order valence-electron chi connectivity index (χ3n) is 13.8. The van der Waals surface area contributed by atoms with Gasteiger partial charge in [-0.15, -0.1) is 11.6 Å². The zero-order valence-corrected chi connectivity index (χ0v) is 24.6. The number of allylic oxidation sites excluding steroid dienone is 1. The lowest BCUT2D eigenvalue weighted by molar-refractivity contribution is -0.249. The van der Waals surface area contributed by atoms with E-state index in [1.54, 1.807) is 0 Å². The van der Waals surface area contributed by atoms with Crippen molar-refractivity contribution < 1.29 is 14.6 Å². The Kier molecular flexibility index (Phi) is 6.56. The Bertz CT molecular complexity index is 913. The number of carbonyl (C=O) groups is 1. The minimum absolute atomic E-state index is 0.00337. The van der Waals surface area contributed by atoms with Gasteiger partial charge in [-0.3, -0.25) is 4.79 Å². The molecule has 0 unspecified atom stereocenters. The van der Waals surface area contributed by atoms with Gasteiger partial charge in [0.1, 0.15) is 5.88 Å². The Morgan fingerprint density at radius 3 is 2.31 bits per heavy atom. The summed E-state index contributed by atoms with van der Waals surface area (Å²) < 4.78 is 5.80. The highest BCUT2D eigenvalue weighted by atomic mass is 35.5. The summed E-state index contributed by atoms with van der Waals surface area (Å²) >= 11 is 5.81. The van der Waals surface area contributed by atoms with Crippen LogP contribution >= 0.6 is 11.6 Å². The van der Waals surface area contributed by atoms with Gasteiger partial charge < -0.3 is 9.84 Å². The van der Waals surface area contributed by atoms with Gasteiger partial charge in [-0.1, -0.05) is 46.8 Å². The Balaban J connectivity index is 1.51. The molecule has 204 valence electrons. The number of halogens is 1. The fourth-order valence-corrected chi connectivity index (χ4v) is 11.9. The summed E-state index contributed by atoms with van der Waals surface area (Å²) in [5, 5.41) is 11.0. The number of hydrogen-bond donors (Lipinski definition) is 1. The van der Waals surface area contributed by atoms with E-state index in [0.717, 1.165) is 19.3 Å². The predicted molar refractivity (Wildman–Crippen MR) is 147 cm³/mol. The molecular weight excluding hydrogens is 468 g/mol. The fourth-order valence-electron chi connectivity index (χ4n) is 11.8. The lowest BCUT2D eigenvalue weighted by Gasteiger charge is -2.73. The van der Waals surface area contributed by atoms with Crippen LogP contribution in [0.1, 0.15) is 106 Å². The van der Waals surface area contributed by atoms with E-state index in [1.807, 2.05) is 0 Å². The average Bonchev–Trinajstić information content (AvgIpc) is 3.21. The molecule has 5 fully saturated rings. The van der Waals surface area contributed by atoms with Gasteiger partial charge in [-0.05, 0) is 122 Å². The molecule has 0 aromatic carbocycles. The Hall–Kier alpha value is -0.540. The molecule has 0 spiro atoms. The molecule has 0 radical (unpaired) electrons. The molecule has 0 aliphatic heterocycles. The first-order chi connectivity index (χ1) is 16.8. The van der Waals surface area contributed by atoms with Crippen LogP contribution in [0, 0.1) is 56.7 Å². The smallest absolute Gasteiger partial charge is 0.320 e. The van der Waals surface area contributed by atoms with Crippen LogP contribution in [-0.4, -0.2) is 29.7 Å². The molecule has 3 nitrogen and oxygen atoms in total. The number of esters is 1. The van der Waals surface area contributed by atoms with E-state index in [-0.39, 0.29) is 34.2 Å². The Morgan fingerprint density at radius 1 is 0.917 bits per heavy atom. The van der Waals surface area contributed by atoms with Gasteiger partial charge in [-0.25, -0.2) is 0 Å². The summed E-state index contributed by atoms with van der Waals surface area (Å²) in [6, 6.07) is 0. The quantitative estimate of drug-likeness (QED) is 0.234. The first-order valence-corrected chi connectivity index (χ1v) is 15.4. The van der Waals surface area contributed by atoms with Crippen LogP contribution in [-0.2, 0) is 9.53 Å². The van der Waals surface area contributed by atoms with Crippen molar-refractivity contribution in [2.24, 2.45) is 56.7 Å². The normalized spacial score (nSPS) is 51.3. The molecular formula is C32H51ClO3. The first-order valence-electron chi connectivity index (χ1n) is 14.8. The van der Waals surface area contributed by atoms with Crippen molar-refractivity contribution in [2.75, 3.05) is 12.5 Å². The Labute approximate surface area is 225 Å². The van der Waals surface area contributed by atoms with Crippen LogP contribution in [0.25, 0.3) is 0 Å². The predicted octanol–water partition coefficient (Wildman–Crippen LogP) is 7.79. The number of aliphatic hydroxyl groups is 1. The van der Waals surface area contributed by atoms with Crippen molar-refractivity contribution >= 4 is 17.6 Å². The number of carbonyl (C=O) groups excluding carboxylic acids is 1. The standard InChI is InChI=1S/C32H51ClO3/c1-20(2)21-10-15-32(19-36-26(35)18-33)17-16-30(6)22(27(21)32)8-9-24-29(5)13-12-25(34)28(3,4)23(29)11-14-31(24,30)7/h21-25,27,34H,1,8-19H2,2-7H3/t21-,22+,23-,24+,25-,27+,29-,30+,31+,32+/m0/s1. The van der Waals surface area contributed by atoms with Crippen LogP contribution in [0.5, 0.6) is 0 Å². The van der Waals surface area contributed by atoms with Gasteiger partial charge in [0.25, 0.3) is 0 Å². The summed E-state index contributed by atoms with van der Waals surface area (Å²) in [6.45, 7) is 19.8. The SMILES string of the molecule is C=C(C)[C@@H]1CC[C@]2(COC(=O)CCl)CC[C@]3(C)[C@H](CC[C@@H]4[C@@]5(C)CC[C@H](O)C(C)(C)[C@@H]5CC[C@]43C)[C@@H]12. The van der Waals surface area contributed by atoms with Crippen LogP contribution in [0.3, 0.4) is 0 Å². The van der Waals surface area contributed by atoms with E-state index in [9.17, 15) is 9.90 Å². The molecule has 5 saturated carbocycles. The zero-order valence-electron chi connectivity index (χ0n) is 23.8. The van der Waals surface area contributed by atoms with Crippen molar-refractivity contribution in [1.82, 2.24) is 0 Å². The summed E-state index contributed by atoms with van der Waals surface area (Å²) in [7, 11) is 0. The molecule has 0 bridgehead atoms. The van der Waals surface area contributed by atoms with Gasteiger partial charge in [0.15, 0.2) is 0 Å². The lowest BCUT2D eigenvalue weighted by atomic mass is 9.32. The van der Waals surface area contributed by atoms with E-state index < -0.39 is 0 Å². The molecule has 0 saturated heterocycles. The van der Waals surface area contributed by atoms with Crippen molar-refractivity contribution in [3.05, 3.63) is 12.2 Å². The van der Waals surface area contributed by atoms with Crippen LogP contribution in [0.2, 0.25) is 0 Å². The fraction of sp³-hybridized carbons (Fsp3) is 0.906. The topological polar surface area (TPSA) is 46.5 Å². The monoisotopic (exact) mass is 518 g/mol. The highest BCUT2D eigenvalue weighted by Crippen LogP contribution is 2.77. The third kappa shape index (κ3) is 3.49. The van der Waals surface area contributed by atoms with Gasteiger partial charge >= 0.3 is 5.97 Å². The number of alkyl halides is 1. The molecule has 0 heterocycles. The van der Waals surface area contributed by atoms with Crippen LogP contribution in [0.15, 0.2) is 12.2 Å². The second-order valence-electron chi connectivity index (χ2n) is 15.2. The number of fused-ring (bicyclic) bond motifs is 7. The molecule has 36 heavy (non-hydrogen) atoms. The number of rotatable bonds is 4. The largest absolute Gasteiger partial charge is 0.464 e. The number of ether oxygens (including phenoxy) is 1. The maximum Gasteiger partial charge on any atom is 0.320 e. The van der Waals surface area contributed by atoms with Crippen molar-refractivity contribution in [2.45, 2.75) is 112 Å². The van der Waals surface area contributed by atoms with Gasteiger partial charge in [0.2, 0.25) is 0 Å². The van der Waals surface area contributed by atoms with Crippen molar-refractivity contribution in [3.8, 4) is 0 Å². The average molecular weight is 519 g/mol. The maximum atomic E-state index is 12.1. The molecule has 5 rings (SSSR count). The summed E-state index contributed by atoms with van der Waals surface area (Å²) in [5.74, 6) is 2.69. The third-order valence-corrected chi connectivity index (χ3v) is 14.1. The van der Waals surface area contributed by atoms with E-state index in [1.165, 1.54) is 50.5 Å². The lowest BCUT2D eigenvalue weighted by Crippen LogP contribution is -2.66. The van der Waals surface area contributed by atoms with E-state index in [2.05, 4.69) is 48.1 Å². The Morgan fingerprint density at radius 2 is 1.64 bits per heavy atom. The summed E-state index contributed by atoms with van der Waals surface area (Å²) in [6.07, 6.45) is 11.7. The van der Waals surface area contributed by atoms with Gasteiger partial charge in [0, 0.05) is 5.41 Å². The highest BCUT2D eigenvalue weighted by molar-refractivity contribution is 6.26. The summed E-state index contributed by atoms with van der Waals surface area (Å²) in [5.41, 5.74) is 2.29. The molecule has 5 aliphatic carbocycles. The maximum absolute atomic E-state index is 12.1. The second-order valence-corrected chi connectivity index (χ2v) is 15.5. The molecule has 0 aromatic rings. The van der Waals surface area contributed by atoms with Crippen molar-refractivity contribution in [1.29, 1.82) is 0 Å². The van der Waals surface area contributed by atoms with Gasteiger partial charge in [-0.2, -0.15) is 0 Å². The van der Waals surface area contributed by atoms with Crippen molar-refractivity contribution in [3.63, 3.8) is 0 Å². The minimum Gasteiger partial charge on any atom is -0.464 e. The first kappa shape index (κ1) is 27.0. The molecule has 0 amide bonds. The van der Waals surface area contributed by atoms with E-state index in [4.69, 9.17) is 16.3 Å². The van der Waals surface area contributed by atoms with Gasteiger partial charge in [0.05, 0.1) is 12.7 Å². The van der Waals surface area contributed by atoms with Crippen LogP contribution < -0.4 is 0 Å². The minimum atomic E-state index is -0.277. The highest BCUT2D eigenvalue weighted by Gasteiger charge is 2.70. The number of aliphatic hydroxyl groups excluding tert-OH is 1. The molecule has 10 atom stereocenters. The number of hydrogen-bond acceptors (Lipinski definition) is 3. The zero-order chi connectivity index (χ0) is 26.3. The summed E-state index contributed by atoms with van der Waals surface area (Å²) in [4.78, 5) is 12.1. The van der Waals surface area contributed by atoms with Crippen LogP contribution in [0.4, 0.5) is 0 Å². The van der Waals surface area contributed by atoms with E-state index in [0.29, 0.717) is 47.0 Å². The second kappa shape index (κ2) is 8.73.